The van der Waals surface area contributed by atoms with E-state index in [4.69, 9.17) is 9.47 Å². The normalized spacial score (nSPS) is 13.5. The van der Waals surface area contributed by atoms with Crippen LogP contribution >= 0.6 is 24.0 Å². The van der Waals surface area contributed by atoms with Gasteiger partial charge in [0.15, 0.2) is 17.5 Å². The van der Waals surface area contributed by atoms with Crippen LogP contribution in [0, 0.1) is 0 Å². The predicted molar refractivity (Wildman–Crippen MR) is 138 cm³/mol. The van der Waals surface area contributed by atoms with Crippen molar-refractivity contribution in [3.63, 3.8) is 0 Å². The van der Waals surface area contributed by atoms with Crippen molar-refractivity contribution < 1.29 is 14.3 Å². The molecule has 8 heteroatoms. The first kappa shape index (κ1) is 25.8. The summed E-state index contributed by atoms with van der Waals surface area (Å²) in [4.78, 5) is 18.0. The van der Waals surface area contributed by atoms with Crippen LogP contribution in [0.5, 0.6) is 11.5 Å². The van der Waals surface area contributed by atoms with Gasteiger partial charge in [0.05, 0.1) is 14.2 Å². The molecule has 1 fully saturated rings. The van der Waals surface area contributed by atoms with Gasteiger partial charge in [-0.25, -0.2) is 0 Å². The summed E-state index contributed by atoms with van der Waals surface area (Å²) in [5.41, 5.74) is 3.49. The Morgan fingerprint density at radius 2 is 1.69 bits per heavy atom. The third-order valence-corrected chi connectivity index (χ3v) is 5.41. The summed E-state index contributed by atoms with van der Waals surface area (Å²) in [6.07, 6.45) is 2.49. The Morgan fingerprint density at radius 3 is 2.31 bits per heavy atom. The summed E-state index contributed by atoms with van der Waals surface area (Å²) >= 11 is 0. The topological polar surface area (TPSA) is 75.2 Å². The molecule has 1 heterocycles. The van der Waals surface area contributed by atoms with Gasteiger partial charge >= 0.3 is 0 Å². The summed E-state index contributed by atoms with van der Waals surface area (Å²) in [5, 5.41) is 6.68. The second-order valence-corrected chi connectivity index (χ2v) is 7.53. The lowest BCUT2D eigenvalue weighted by molar-refractivity contribution is -0.128. The first-order chi connectivity index (χ1) is 15.1. The number of ether oxygens (including phenoxy) is 2. The maximum Gasteiger partial charge on any atom is 0.222 e. The van der Waals surface area contributed by atoms with Crippen molar-refractivity contribution in [2.24, 2.45) is 4.99 Å². The Kier molecular flexibility index (Phi) is 10.6. The van der Waals surface area contributed by atoms with Crippen LogP contribution in [-0.4, -0.2) is 51.1 Å². The number of aliphatic imine (C=N–C) groups is 1. The van der Waals surface area contributed by atoms with Gasteiger partial charge in [0.25, 0.3) is 0 Å². The Morgan fingerprint density at radius 1 is 1.00 bits per heavy atom. The Hall–Kier alpha value is -2.49. The summed E-state index contributed by atoms with van der Waals surface area (Å²) in [6.45, 7) is 3.00. The van der Waals surface area contributed by atoms with E-state index in [0.29, 0.717) is 19.5 Å². The first-order valence-electron chi connectivity index (χ1n) is 10.6. The van der Waals surface area contributed by atoms with Crippen molar-refractivity contribution in [3.8, 4) is 11.5 Å². The average molecular weight is 552 g/mol. The molecule has 1 aliphatic rings. The van der Waals surface area contributed by atoms with E-state index in [9.17, 15) is 4.79 Å². The van der Waals surface area contributed by atoms with Crippen molar-refractivity contribution in [1.29, 1.82) is 0 Å². The van der Waals surface area contributed by atoms with E-state index in [0.717, 1.165) is 54.5 Å². The first-order valence-corrected chi connectivity index (χ1v) is 10.6. The smallest absolute Gasteiger partial charge is 0.222 e. The molecule has 7 nitrogen and oxygen atoms in total. The molecule has 0 atom stereocenters. The molecule has 3 rings (SSSR count). The second kappa shape index (κ2) is 13.1. The monoisotopic (exact) mass is 552 g/mol. The summed E-state index contributed by atoms with van der Waals surface area (Å²) < 4.78 is 10.6. The van der Waals surface area contributed by atoms with Crippen molar-refractivity contribution >= 4 is 35.8 Å². The van der Waals surface area contributed by atoms with Crippen molar-refractivity contribution in [1.82, 2.24) is 15.5 Å². The maximum absolute atomic E-state index is 11.8. The number of nitrogens with zero attached hydrogens (tertiary/aromatic N) is 2. The van der Waals surface area contributed by atoms with Gasteiger partial charge in [0, 0.05) is 39.6 Å². The quantitative estimate of drug-likeness (QED) is 0.284. The molecule has 2 aromatic rings. The Balaban J connectivity index is 0.00000363. The summed E-state index contributed by atoms with van der Waals surface area (Å²) in [6, 6.07) is 14.3. The van der Waals surface area contributed by atoms with Crippen LogP contribution < -0.4 is 20.1 Å². The Bertz CT molecular complexity index is 903. The van der Waals surface area contributed by atoms with Crippen molar-refractivity contribution in [3.05, 3.63) is 59.2 Å². The summed E-state index contributed by atoms with van der Waals surface area (Å²) in [7, 11) is 5.04. The predicted octanol–water partition coefficient (Wildman–Crippen LogP) is 3.35. The van der Waals surface area contributed by atoms with Crippen LogP contribution in [-0.2, 0) is 24.3 Å². The van der Waals surface area contributed by atoms with E-state index in [1.807, 2.05) is 23.1 Å². The van der Waals surface area contributed by atoms with Crippen LogP contribution in [0.1, 0.15) is 29.5 Å². The van der Waals surface area contributed by atoms with Crippen LogP contribution in [0.15, 0.2) is 47.5 Å². The second-order valence-electron chi connectivity index (χ2n) is 7.53. The highest BCUT2D eigenvalue weighted by Crippen LogP contribution is 2.27. The number of rotatable bonds is 9. The van der Waals surface area contributed by atoms with Gasteiger partial charge in [-0.1, -0.05) is 30.3 Å². The molecule has 0 aliphatic carbocycles. The van der Waals surface area contributed by atoms with Gasteiger partial charge < -0.3 is 25.0 Å². The molecule has 0 saturated carbocycles. The van der Waals surface area contributed by atoms with Crippen LogP contribution in [0.3, 0.4) is 0 Å². The minimum Gasteiger partial charge on any atom is -0.493 e. The minimum atomic E-state index is 0. The number of carbonyl (C=O) groups excluding carboxylic acids is 1. The molecule has 2 aromatic carbocycles. The van der Waals surface area contributed by atoms with Gasteiger partial charge in [0.1, 0.15) is 0 Å². The zero-order chi connectivity index (χ0) is 22.1. The van der Waals surface area contributed by atoms with Gasteiger partial charge in [-0.15, -0.1) is 24.0 Å². The number of amides is 1. The van der Waals surface area contributed by atoms with Gasteiger partial charge in [-0.3, -0.25) is 9.79 Å². The molecule has 1 saturated heterocycles. The molecule has 2 N–H and O–H groups in total. The number of hydrogen-bond acceptors (Lipinski definition) is 4. The lowest BCUT2D eigenvalue weighted by Crippen LogP contribution is -2.37. The van der Waals surface area contributed by atoms with E-state index in [-0.39, 0.29) is 29.9 Å². The molecule has 1 aliphatic heterocycles. The van der Waals surface area contributed by atoms with Gasteiger partial charge in [0.2, 0.25) is 5.91 Å². The van der Waals surface area contributed by atoms with Crippen molar-refractivity contribution in [2.45, 2.75) is 32.4 Å². The number of halogens is 1. The van der Waals surface area contributed by atoms with Crippen LogP contribution in [0.4, 0.5) is 0 Å². The molecule has 174 valence electrons. The fraction of sp³-hybridized carbons (Fsp3) is 0.417. The average Bonchev–Trinajstić information content (AvgIpc) is 3.21. The fourth-order valence-corrected chi connectivity index (χ4v) is 3.62. The lowest BCUT2D eigenvalue weighted by atomic mass is 10.1. The molecule has 0 unspecified atom stereocenters. The standard InChI is InChI=1S/C24H32N4O3.HI/c1-25-24(26-13-12-18-10-11-21(30-2)22(15-18)31-3)27-16-19-6-8-20(9-7-19)17-28-14-4-5-23(28)29;/h6-11,15H,4-5,12-14,16-17H2,1-3H3,(H2,25,26,27);1H. The number of nitrogens with one attached hydrogen (secondary N) is 2. The zero-order valence-corrected chi connectivity index (χ0v) is 21.3. The van der Waals surface area contributed by atoms with Crippen LogP contribution in [0.25, 0.3) is 0 Å². The maximum atomic E-state index is 11.8. The Labute approximate surface area is 207 Å². The number of hydrogen-bond donors (Lipinski definition) is 2. The molecule has 1 amide bonds. The third kappa shape index (κ3) is 7.29. The molecule has 0 radical (unpaired) electrons. The number of likely N-dealkylation sites (tertiary alicyclic amines) is 1. The van der Waals surface area contributed by atoms with E-state index in [1.165, 1.54) is 5.56 Å². The lowest BCUT2D eigenvalue weighted by Gasteiger charge is -2.16. The molecule has 0 spiro atoms. The minimum absolute atomic E-state index is 0. The van der Waals surface area contributed by atoms with Gasteiger partial charge in [-0.05, 0) is 41.7 Å². The number of benzene rings is 2. The molecule has 32 heavy (non-hydrogen) atoms. The third-order valence-electron chi connectivity index (χ3n) is 5.41. The largest absolute Gasteiger partial charge is 0.493 e. The summed E-state index contributed by atoms with van der Waals surface area (Å²) in [5.74, 6) is 2.48. The molecule has 0 bridgehead atoms. The molecular formula is C24H33IN4O3. The number of guanidine groups is 1. The highest BCUT2D eigenvalue weighted by Gasteiger charge is 2.19. The number of carbonyl (C=O) groups is 1. The van der Waals surface area contributed by atoms with E-state index >= 15 is 0 Å². The van der Waals surface area contributed by atoms with E-state index in [1.54, 1.807) is 21.3 Å². The molecular weight excluding hydrogens is 519 g/mol. The number of methoxy groups -OCH3 is 2. The highest BCUT2D eigenvalue weighted by atomic mass is 127. The van der Waals surface area contributed by atoms with E-state index in [2.05, 4.69) is 39.9 Å². The van der Waals surface area contributed by atoms with Crippen molar-refractivity contribution in [2.75, 3.05) is 34.4 Å². The zero-order valence-electron chi connectivity index (χ0n) is 19.0. The van der Waals surface area contributed by atoms with Crippen LogP contribution in [0.2, 0.25) is 0 Å². The highest BCUT2D eigenvalue weighted by molar-refractivity contribution is 14.0. The van der Waals surface area contributed by atoms with Gasteiger partial charge in [-0.2, -0.15) is 0 Å². The van der Waals surface area contributed by atoms with E-state index < -0.39 is 0 Å². The molecule has 0 aromatic heterocycles. The SMILES string of the molecule is CN=C(NCCc1ccc(OC)c(OC)c1)NCc1ccc(CN2CCCC2=O)cc1.I. The fourth-order valence-electron chi connectivity index (χ4n) is 3.62.